The van der Waals surface area contributed by atoms with Gasteiger partial charge in [0.05, 0.1) is 12.0 Å². The number of carbonyl (C=O) groups excluding carboxylic acids is 2. The quantitative estimate of drug-likeness (QED) is 0.846. The molecule has 0 bridgehead atoms. The van der Waals surface area contributed by atoms with Gasteiger partial charge in [0.2, 0.25) is 5.91 Å². The molecular formula is C17H23NO3S. The van der Waals surface area contributed by atoms with Crippen molar-refractivity contribution in [1.82, 2.24) is 5.32 Å². The van der Waals surface area contributed by atoms with Crippen LogP contribution in [0.3, 0.4) is 0 Å². The van der Waals surface area contributed by atoms with E-state index in [4.69, 9.17) is 4.74 Å². The molecule has 1 aliphatic rings. The zero-order valence-corrected chi connectivity index (χ0v) is 14.3. The van der Waals surface area contributed by atoms with Crippen molar-refractivity contribution in [3.05, 3.63) is 35.4 Å². The minimum absolute atomic E-state index is 0.0854. The fraction of sp³-hybridized carbons (Fsp3) is 0.529. The summed E-state index contributed by atoms with van der Waals surface area (Å²) < 4.78 is 5.30. The van der Waals surface area contributed by atoms with Crippen LogP contribution in [0.5, 0.6) is 0 Å². The molecule has 0 radical (unpaired) electrons. The largest absolute Gasteiger partial charge is 0.453 e. The van der Waals surface area contributed by atoms with Gasteiger partial charge in [-0.1, -0.05) is 39.0 Å². The van der Waals surface area contributed by atoms with Crippen molar-refractivity contribution in [2.45, 2.75) is 38.5 Å². The summed E-state index contributed by atoms with van der Waals surface area (Å²) in [6.45, 7) is 7.10. The van der Waals surface area contributed by atoms with E-state index in [1.807, 2.05) is 12.1 Å². The Morgan fingerprint density at radius 1 is 1.36 bits per heavy atom. The fourth-order valence-corrected chi connectivity index (χ4v) is 3.52. The molecule has 2 atom stereocenters. The molecule has 0 spiro atoms. The van der Waals surface area contributed by atoms with Crippen molar-refractivity contribution >= 4 is 23.6 Å². The molecule has 0 aromatic heterocycles. The zero-order valence-electron chi connectivity index (χ0n) is 13.5. The Morgan fingerprint density at radius 2 is 2.05 bits per heavy atom. The summed E-state index contributed by atoms with van der Waals surface area (Å²) in [6, 6.07) is 7.24. The second-order valence-corrected chi connectivity index (χ2v) is 7.62. The monoisotopic (exact) mass is 321 g/mol. The molecular weight excluding hydrogens is 298 g/mol. The number of rotatable bonds is 5. The van der Waals surface area contributed by atoms with Gasteiger partial charge in [-0.3, -0.25) is 4.79 Å². The first-order chi connectivity index (χ1) is 10.3. The van der Waals surface area contributed by atoms with E-state index >= 15 is 0 Å². The standard InChI is InChI=1S/C17H23NO3S/c1-17(2,3)14(22-4)10-18-15(19)9-13-11-7-5-6-8-12(11)16(20)21-13/h5-8,13-14H,9-10H2,1-4H3,(H,18,19). The van der Waals surface area contributed by atoms with Crippen LogP contribution in [0, 0.1) is 5.41 Å². The van der Waals surface area contributed by atoms with E-state index < -0.39 is 6.10 Å². The molecule has 0 fully saturated rings. The number of ether oxygens (including phenoxy) is 1. The molecule has 2 unspecified atom stereocenters. The lowest BCUT2D eigenvalue weighted by atomic mass is 9.91. The van der Waals surface area contributed by atoms with Crippen LogP contribution in [0.2, 0.25) is 0 Å². The Hall–Kier alpha value is -1.49. The highest BCUT2D eigenvalue weighted by molar-refractivity contribution is 7.99. The van der Waals surface area contributed by atoms with Crippen LogP contribution in [-0.4, -0.2) is 29.9 Å². The van der Waals surface area contributed by atoms with Gasteiger partial charge in [-0.2, -0.15) is 11.8 Å². The van der Waals surface area contributed by atoms with Crippen LogP contribution in [0.25, 0.3) is 0 Å². The highest BCUT2D eigenvalue weighted by Crippen LogP contribution is 2.33. The number of thioether (sulfide) groups is 1. The third-order valence-electron chi connectivity index (χ3n) is 3.88. The van der Waals surface area contributed by atoms with Crippen molar-refractivity contribution in [3.8, 4) is 0 Å². The molecule has 1 aromatic carbocycles. The van der Waals surface area contributed by atoms with Crippen molar-refractivity contribution in [2.75, 3.05) is 12.8 Å². The number of benzene rings is 1. The topological polar surface area (TPSA) is 55.4 Å². The lowest BCUT2D eigenvalue weighted by Gasteiger charge is -2.29. The molecule has 120 valence electrons. The highest BCUT2D eigenvalue weighted by Gasteiger charge is 2.32. The molecule has 0 saturated heterocycles. The van der Waals surface area contributed by atoms with Gasteiger partial charge in [0, 0.05) is 17.4 Å². The molecule has 1 N–H and O–H groups in total. The molecule has 2 rings (SSSR count). The highest BCUT2D eigenvalue weighted by atomic mass is 32.2. The van der Waals surface area contributed by atoms with Crippen LogP contribution in [0.15, 0.2) is 24.3 Å². The third-order valence-corrected chi connectivity index (χ3v) is 5.33. The van der Waals surface area contributed by atoms with E-state index in [0.29, 0.717) is 17.4 Å². The molecule has 1 aliphatic heterocycles. The van der Waals surface area contributed by atoms with Crippen LogP contribution in [-0.2, 0) is 9.53 Å². The van der Waals surface area contributed by atoms with E-state index in [9.17, 15) is 9.59 Å². The summed E-state index contributed by atoms with van der Waals surface area (Å²) in [5.41, 5.74) is 1.50. The fourth-order valence-electron chi connectivity index (χ4n) is 2.56. The number of fused-ring (bicyclic) bond motifs is 1. The van der Waals surface area contributed by atoms with Crippen molar-refractivity contribution in [1.29, 1.82) is 0 Å². The average Bonchev–Trinajstić information content (AvgIpc) is 2.75. The first kappa shape index (κ1) is 16.9. The maximum Gasteiger partial charge on any atom is 0.339 e. The number of cyclic esters (lactones) is 1. The predicted octanol–water partition coefficient (Wildman–Crippen LogP) is 3.18. The van der Waals surface area contributed by atoms with Crippen molar-refractivity contribution in [3.63, 3.8) is 0 Å². The maximum atomic E-state index is 12.2. The summed E-state index contributed by atoms with van der Waals surface area (Å²) in [7, 11) is 0. The molecule has 4 nitrogen and oxygen atoms in total. The van der Waals surface area contributed by atoms with E-state index in [1.165, 1.54) is 0 Å². The summed E-state index contributed by atoms with van der Waals surface area (Å²) in [4.78, 5) is 23.9. The summed E-state index contributed by atoms with van der Waals surface area (Å²) in [5.74, 6) is -0.428. The molecule has 1 heterocycles. The number of carbonyl (C=O) groups is 2. The minimum atomic E-state index is -0.467. The van der Waals surface area contributed by atoms with E-state index in [1.54, 1.807) is 23.9 Å². The minimum Gasteiger partial charge on any atom is -0.453 e. The van der Waals surface area contributed by atoms with Crippen molar-refractivity contribution in [2.24, 2.45) is 5.41 Å². The van der Waals surface area contributed by atoms with E-state index in [-0.39, 0.29) is 23.7 Å². The van der Waals surface area contributed by atoms with Crippen LogP contribution in [0.4, 0.5) is 0 Å². The van der Waals surface area contributed by atoms with Gasteiger partial charge in [-0.25, -0.2) is 4.79 Å². The Balaban J connectivity index is 1.93. The molecule has 0 aliphatic carbocycles. The van der Waals surface area contributed by atoms with E-state index in [2.05, 4.69) is 32.3 Å². The van der Waals surface area contributed by atoms with Gasteiger partial charge in [0.1, 0.15) is 6.10 Å². The van der Waals surface area contributed by atoms with Gasteiger partial charge in [0.15, 0.2) is 0 Å². The lowest BCUT2D eigenvalue weighted by Crippen LogP contribution is -2.37. The van der Waals surface area contributed by atoms with Crippen molar-refractivity contribution < 1.29 is 14.3 Å². The van der Waals surface area contributed by atoms with Gasteiger partial charge < -0.3 is 10.1 Å². The van der Waals surface area contributed by atoms with Crippen LogP contribution < -0.4 is 5.32 Å². The summed E-state index contributed by atoms with van der Waals surface area (Å²) in [5, 5.41) is 3.30. The summed E-state index contributed by atoms with van der Waals surface area (Å²) >= 11 is 1.75. The average molecular weight is 321 g/mol. The third kappa shape index (κ3) is 3.83. The van der Waals surface area contributed by atoms with Crippen LogP contribution >= 0.6 is 11.8 Å². The Kier molecular flexibility index (Phi) is 5.16. The smallest absolute Gasteiger partial charge is 0.339 e. The zero-order chi connectivity index (χ0) is 16.3. The second kappa shape index (κ2) is 6.73. The predicted molar refractivity (Wildman–Crippen MR) is 89.0 cm³/mol. The first-order valence-electron chi connectivity index (χ1n) is 7.42. The van der Waals surface area contributed by atoms with E-state index in [0.717, 1.165) is 5.56 Å². The molecule has 22 heavy (non-hydrogen) atoms. The molecule has 0 saturated carbocycles. The number of esters is 1. The van der Waals surface area contributed by atoms with Gasteiger partial charge in [-0.15, -0.1) is 0 Å². The lowest BCUT2D eigenvalue weighted by molar-refractivity contribution is -0.123. The number of hydrogen-bond acceptors (Lipinski definition) is 4. The Bertz CT molecular complexity index is 565. The SMILES string of the molecule is CSC(CNC(=O)CC1OC(=O)c2ccccc21)C(C)(C)C. The number of nitrogens with one attached hydrogen (secondary N) is 1. The molecule has 5 heteroatoms. The number of amides is 1. The summed E-state index contributed by atoms with van der Waals surface area (Å²) in [6.07, 6.45) is 1.76. The van der Waals surface area contributed by atoms with Gasteiger partial charge in [0.25, 0.3) is 0 Å². The molecule has 1 aromatic rings. The first-order valence-corrected chi connectivity index (χ1v) is 8.71. The Morgan fingerprint density at radius 3 is 2.68 bits per heavy atom. The maximum absolute atomic E-state index is 12.2. The second-order valence-electron chi connectivity index (χ2n) is 6.58. The van der Waals surface area contributed by atoms with Gasteiger partial charge in [-0.05, 0) is 17.7 Å². The number of hydrogen-bond donors (Lipinski definition) is 1. The van der Waals surface area contributed by atoms with Crippen LogP contribution in [0.1, 0.15) is 49.2 Å². The normalized spacial score (nSPS) is 18.5. The molecule has 1 amide bonds. The Labute approximate surface area is 136 Å². The van der Waals surface area contributed by atoms with Gasteiger partial charge >= 0.3 is 5.97 Å².